The smallest absolute Gasteiger partial charge is 0.227 e. The van der Waals surface area contributed by atoms with E-state index in [2.05, 4.69) is 27.4 Å². The number of benzene rings is 1. The Kier molecular flexibility index (Phi) is 3.46. The van der Waals surface area contributed by atoms with Crippen LogP contribution in [0, 0.1) is 6.92 Å². The lowest BCUT2D eigenvalue weighted by molar-refractivity contribution is -0.122. The van der Waals surface area contributed by atoms with Crippen LogP contribution in [0.1, 0.15) is 34.9 Å². The molecule has 1 amide bonds. The van der Waals surface area contributed by atoms with Crippen LogP contribution in [0.3, 0.4) is 0 Å². The summed E-state index contributed by atoms with van der Waals surface area (Å²) in [5, 5.41) is 2.96. The van der Waals surface area contributed by atoms with Crippen LogP contribution in [-0.2, 0) is 17.8 Å². The highest BCUT2D eigenvalue weighted by molar-refractivity contribution is 5.84. The van der Waals surface area contributed by atoms with Crippen molar-refractivity contribution in [1.82, 2.24) is 15.3 Å². The molecular weight excluding hydrogens is 250 g/mol. The molecule has 2 aromatic rings. The Morgan fingerprint density at radius 3 is 2.95 bits per heavy atom. The predicted molar refractivity (Wildman–Crippen MR) is 76.1 cm³/mol. The van der Waals surface area contributed by atoms with Gasteiger partial charge in [-0.2, -0.15) is 0 Å². The molecule has 1 N–H and O–H groups in total. The zero-order valence-electron chi connectivity index (χ0n) is 11.5. The average molecular weight is 267 g/mol. The summed E-state index contributed by atoms with van der Waals surface area (Å²) < 4.78 is 0. The molecule has 4 heteroatoms. The Bertz CT molecular complexity index is 622. The first-order valence-electron chi connectivity index (χ1n) is 6.87. The molecule has 1 aliphatic carbocycles. The van der Waals surface area contributed by atoms with Gasteiger partial charge in [0.25, 0.3) is 0 Å². The molecule has 4 nitrogen and oxygen atoms in total. The van der Waals surface area contributed by atoms with Gasteiger partial charge < -0.3 is 5.32 Å². The first-order chi connectivity index (χ1) is 9.74. The van der Waals surface area contributed by atoms with Crippen molar-refractivity contribution in [2.45, 2.75) is 32.2 Å². The van der Waals surface area contributed by atoms with Crippen molar-refractivity contribution < 1.29 is 4.79 Å². The lowest BCUT2D eigenvalue weighted by Gasteiger charge is -2.12. The Morgan fingerprint density at radius 2 is 2.15 bits per heavy atom. The number of nitrogens with zero attached hydrogens (tertiary/aromatic N) is 2. The predicted octanol–water partition coefficient (Wildman–Crippen LogP) is 2.13. The molecule has 1 atom stereocenters. The van der Waals surface area contributed by atoms with E-state index in [0.29, 0.717) is 6.54 Å². The molecule has 1 aromatic carbocycles. The molecule has 0 saturated carbocycles. The topological polar surface area (TPSA) is 54.9 Å². The first-order valence-corrected chi connectivity index (χ1v) is 6.87. The summed E-state index contributed by atoms with van der Waals surface area (Å²) in [7, 11) is 0. The minimum atomic E-state index is -0.0235. The quantitative estimate of drug-likeness (QED) is 0.927. The zero-order chi connectivity index (χ0) is 13.9. The number of hydrogen-bond acceptors (Lipinski definition) is 3. The van der Waals surface area contributed by atoms with Crippen molar-refractivity contribution in [3.8, 4) is 0 Å². The second-order valence-corrected chi connectivity index (χ2v) is 5.16. The average Bonchev–Trinajstić information content (AvgIpc) is 2.90. The van der Waals surface area contributed by atoms with Crippen molar-refractivity contribution in [2.24, 2.45) is 0 Å². The molecule has 20 heavy (non-hydrogen) atoms. The maximum absolute atomic E-state index is 12.3. The Balaban J connectivity index is 1.65. The Morgan fingerprint density at radius 1 is 1.30 bits per heavy atom. The number of aryl methyl sites for hydroxylation is 2. The van der Waals surface area contributed by atoms with Gasteiger partial charge in [0.15, 0.2) is 0 Å². The molecule has 0 radical (unpaired) electrons. The summed E-state index contributed by atoms with van der Waals surface area (Å²) in [4.78, 5) is 20.7. The van der Waals surface area contributed by atoms with Crippen LogP contribution in [0.5, 0.6) is 0 Å². The van der Waals surface area contributed by atoms with Crippen LogP contribution < -0.4 is 5.32 Å². The lowest BCUT2D eigenvalue weighted by atomic mass is 10.0. The van der Waals surface area contributed by atoms with E-state index in [1.165, 1.54) is 11.1 Å². The largest absolute Gasteiger partial charge is 0.350 e. The number of carbonyl (C=O) groups is 1. The van der Waals surface area contributed by atoms with E-state index < -0.39 is 0 Å². The van der Waals surface area contributed by atoms with Gasteiger partial charge in [-0.3, -0.25) is 14.8 Å². The van der Waals surface area contributed by atoms with Gasteiger partial charge in [-0.05, 0) is 30.9 Å². The number of aromatic nitrogens is 2. The van der Waals surface area contributed by atoms with E-state index in [4.69, 9.17) is 0 Å². The molecule has 1 aromatic heterocycles. The minimum Gasteiger partial charge on any atom is -0.350 e. The molecule has 1 heterocycles. The van der Waals surface area contributed by atoms with Gasteiger partial charge in [0.05, 0.1) is 30.0 Å². The summed E-state index contributed by atoms with van der Waals surface area (Å²) in [6, 6.07) is 8.18. The van der Waals surface area contributed by atoms with Gasteiger partial charge in [0.2, 0.25) is 5.91 Å². The molecule has 0 bridgehead atoms. The van der Waals surface area contributed by atoms with E-state index in [1.54, 1.807) is 12.4 Å². The summed E-state index contributed by atoms with van der Waals surface area (Å²) in [5.74, 6) is 0.0573. The van der Waals surface area contributed by atoms with Crippen LogP contribution >= 0.6 is 0 Å². The number of fused-ring (bicyclic) bond motifs is 1. The van der Waals surface area contributed by atoms with Crippen molar-refractivity contribution in [1.29, 1.82) is 0 Å². The highest BCUT2D eigenvalue weighted by atomic mass is 16.1. The molecule has 0 aliphatic heterocycles. The van der Waals surface area contributed by atoms with Crippen molar-refractivity contribution >= 4 is 5.91 Å². The van der Waals surface area contributed by atoms with Gasteiger partial charge in [-0.15, -0.1) is 0 Å². The monoisotopic (exact) mass is 267 g/mol. The third kappa shape index (κ3) is 2.54. The van der Waals surface area contributed by atoms with Gasteiger partial charge in [0, 0.05) is 6.20 Å². The summed E-state index contributed by atoms with van der Waals surface area (Å²) >= 11 is 0. The van der Waals surface area contributed by atoms with Crippen LogP contribution in [-0.4, -0.2) is 15.9 Å². The third-order valence-corrected chi connectivity index (χ3v) is 3.73. The number of rotatable bonds is 3. The number of amides is 1. The molecule has 102 valence electrons. The van der Waals surface area contributed by atoms with E-state index in [9.17, 15) is 4.79 Å². The lowest BCUT2D eigenvalue weighted by Crippen LogP contribution is -2.28. The van der Waals surface area contributed by atoms with Crippen LogP contribution in [0.25, 0.3) is 0 Å². The molecule has 0 fully saturated rings. The highest BCUT2D eigenvalue weighted by Gasteiger charge is 2.27. The zero-order valence-corrected chi connectivity index (χ0v) is 11.5. The van der Waals surface area contributed by atoms with Crippen molar-refractivity contribution in [3.63, 3.8) is 0 Å². The van der Waals surface area contributed by atoms with Gasteiger partial charge in [0.1, 0.15) is 0 Å². The third-order valence-electron chi connectivity index (χ3n) is 3.73. The van der Waals surface area contributed by atoms with Gasteiger partial charge in [-0.1, -0.05) is 24.3 Å². The molecule has 0 unspecified atom stereocenters. The van der Waals surface area contributed by atoms with Gasteiger partial charge in [-0.25, -0.2) is 0 Å². The molecule has 3 rings (SSSR count). The minimum absolute atomic E-state index is 0.0235. The molecular formula is C16H17N3O. The van der Waals surface area contributed by atoms with E-state index >= 15 is 0 Å². The van der Waals surface area contributed by atoms with Crippen LogP contribution in [0.15, 0.2) is 36.7 Å². The first kappa shape index (κ1) is 12.8. The fourth-order valence-corrected chi connectivity index (χ4v) is 2.64. The fraction of sp³-hybridized carbons (Fsp3) is 0.312. The van der Waals surface area contributed by atoms with E-state index in [0.717, 1.165) is 24.2 Å². The number of nitrogens with one attached hydrogen (secondary N) is 1. The van der Waals surface area contributed by atoms with Crippen LogP contribution in [0.4, 0.5) is 0 Å². The Hall–Kier alpha value is -2.23. The second-order valence-electron chi connectivity index (χ2n) is 5.16. The van der Waals surface area contributed by atoms with Crippen molar-refractivity contribution in [3.05, 3.63) is 59.2 Å². The number of hydrogen-bond donors (Lipinski definition) is 1. The summed E-state index contributed by atoms with van der Waals surface area (Å²) in [6.07, 6.45) is 5.30. The maximum atomic E-state index is 12.3. The maximum Gasteiger partial charge on any atom is 0.227 e. The second kappa shape index (κ2) is 5.41. The van der Waals surface area contributed by atoms with Crippen molar-refractivity contribution in [2.75, 3.05) is 0 Å². The molecule has 0 saturated heterocycles. The highest BCUT2D eigenvalue weighted by Crippen LogP contribution is 2.32. The SMILES string of the molecule is Cc1cnc(CNC(=O)[C@@H]2CCc3ccccc32)cn1. The standard InChI is InChI=1S/C16H17N3O/c1-11-8-18-13(9-17-11)10-19-16(20)15-7-6-12-4-2-3-5-14(12)15/h2-5,8-9,15H,6-7,10H2,1H3,(H,19,20)/t15-/m1/s1. The molecule has 1 aliphatic rings. The normalized spacial score (nSPS) is 16.8. The van der Waals surface area contributed by atoms with E-state index in [1.807, 2.05) is 19.1 Å². The molecule has 0 spiro atoms. The summed E-state index contributed by atoms with van der Waals surface area (Å²) in [6.45, 7) is 2.33. The fourth-order valence-electron chi connectivity index (χ4n) is 2.64. The number of carbonyl (C=O) groups excluding carboxylic acids is 1. The Labute approximate surface area is 118 Å². The summed E-state index contributed by atoms with van der Waals surface area (Å²) in [5.41, 5.74) is 4.13. The van der Waals surface area contributed by atoms with Gasteiger partial charge >= 0.3 is 0 Å². The van der Waals surface area contributed by atoms with Crippen LogP contribution in [0.2, 0.25) is 0 Å². The van der Waals surface area contributed by atoms with E-state index in [-0.39, 0.29) is 11.8 Å².